The van der Waals surface area contributed by atoms with Crippen molar-refractivity contribution in [2.24, 2.45) is 0 Å². The van der Waals surface area contributed by atoms with Crippen LogP contribution in [0.25, 0.3) is 0 Å². The second-order valence-electron chi connectivity index (χ2n) is 5.21. The maximum Gasteiger partial charge on any atom is 0.286 e. The van der Waals surface area contributed by atoms with E-state index in [4.69, 9.17) is 9.47 Å². The molecular formula is C15H22ClN3O5. The van der Waals surface area contributed by atoms with Crippen molar-refractivity contribution < 1.29 is 19.2 Å². The van der Waals surface area contributed by atoms with E-state index in [1.165, 1.54) is 19.2 Å². The minimum absolute atomic E-state index is 0. The predicted molar refractivity (Wildman–Crippen MR) is 91.4 cm³/mol. The van der Waals surface area contributed by atoms with Gasteiger partial charge in [0.1, 0.15) is 5.56 Å². The third-order valence-corrected chi connectivity index (χ3v) is 3.70. The standard InChI is InChI=1S/C15H21N3O5.ClH/c1-3-23-14-9-12(18(20)21)11(8-13(14)22-2)15(19)17-10-4-6-16-7-5-10;/h8-10,16H,3-7H2,1-2H3,(H,17,19);1H. The van der Waals surface area contributed by atoms with E-state index >= 15 is 0 Å². The smallest absolute Gasteiger partial charge is 0.286 e. The number of nitrogens with zero attached hydrogens (tertiary/aromatic N) is 1. The maximum absolute atomic E-state index is 12.4. The number of ether oxygens (including phenoxy) is 2. The highest BCUT2D eigenvalue weighted by molar-refractivity contribution is 5.99. The molecule has 1 amide bonds. The molecule has 0 aliphatic carbocycles. The lowest BCUT2D eigenvalue weighted by Gasteiger charge is -2.23. The molecule has 1 aromatic rings. The zero-order valence-corrected chi connectivity index (χ0v) is 14.5. The summed E-state index contributed by atoms with van der Waals surface area (Å²) < 4.78 is 10.5. The van der Waals surface area contributed by atoms with Crippen LogP contribution in [0, 0.1) is 10.1 Å². The molecule has 1 aliphatic rings. The summed E-state index contributed by atoms with van der Waals surface area (Å²) in [5.74, 6) is 0.0815. The number of carbonyl (C=O) groups is 1. The van der Waals surface area contributed by atoms with Crippen molar-refractivity contribution in [2.45, 2.75) is 25.8 Å². The number of hydrogen-bond acceptors (Lipinski definition) is 6. The predicted octanol–water partition coefficient (Wildman–Crippen LogP) is 1.91. The number of amides is 1. The number of nitro benzene ring substituents is 1. The van der Waals surface area contributed by atoms with E-state index in [0.717, 1.165) is 25.9 Å². The largest absolute Gasteiger partial charge is 0.493 e. The summed E-state index contributed by atoms with van der Waals surface area (Å²) in [5.41, 5.74) is -0.311. The van der Waals surface area contributed by atoms with Crippen LogP contribution in [0.15, 0.2) is 12.1 Å². The van der Waals surface area contributed by atoms with E-state index < -0.39 is 10.8 Å². The fourth-order valence-electron chi connectivity index (χ4n) is 2.54. The Balaban J connectivity index is 0.00000288. The van der Waals surface area contributed by atoms with E-state index in [-0.39, 0.29) is 35.4 Å². The summed E-state index contributed by atoms with van der Waals surface area (Å²) in [5, 5.41) is 17.3. The molecule has 1 heterocycles. The normalized spacial score (nSPS) is 14.4. The van der Waals surface area contributed by atoms with Crippen LogP contribution in [0.2, 0.25) is 0 Å². The molecule has 1 aromatic carbocycles. The molecule has 134 valence electrons. The van der Waals surface area contributed by atoms with Crippen LogP contribution >= 0.6 is 12.4 Å². The zero-order chi connectivity index (χ0) is 16.8. The van der Waals surface area contributed by atoms with Crippen LogP contribution < -0.4 is 20.1 Å². The molecule has 0 radical (unpaired) electrons. The molecule has 0 unspecified atom stereocenters. The molecule has 0 saturated carbocycles. The van der Waals surface area contributed by atoms with Crippen molar-refractivity contribution >= 4 is 24.0 Å². The Hall–Kier alpha value is -2.06. The van der Waals surface area contributed by atoms with Crippen LogP contribution in [-0.4, -0.2) is 43.7 Å². The number of nitro groups is 1. The molecule has 1 aliphatic heterocycles. The van der Waals surface area contributed by atoms with Gasteiger partial charge in [-0.15, -0.1) is 12.4 Å². The Morgan fingerprint density at radius 1 is 1.38 bits per heavy atom. The van der Waals surface area contributed by atoms with Crippen molar-refractivity contribution in [1.29, 1.82) is 0 Å². The molecule has 0 spiro atoms. The molecule has 0 bridgehead atoms. The molecule has 2 N–H and O–H groups in total. The second-order valence-corrected chi connectivity index (χ2v) is 5.21. The maximum atomic E-state index is 12.4. The molecule has 1 fully saturated rings. The molecule has 8 nitrogen and oxygen atoms in total. The van der Waals surface area contributed by atoms with Gasteiger partial charge >= 0.3 is 0 Å². The zero-order valence-electron chi connectivity index (χ0n) is 13.7. The first kappa shape index (κ1) is 20.0. The minimum atomic E-state index is -0.584. The third kappa shape index (κ3) is 4.72. The lowest BCUT2D eigenvalue weighted by Crippen LogP contribution is -2.42. The molecular weight excluding hydrogens is 338 g/mol. The molecule has 2 rings (SSSR count). The summed E-state index contributed by atoms with van der Waals surface area (Å²) in [6, 6.07) is 2.61. The number of hydrogen-bond donors (Lipinski definition) is 2. The minimum Gasteiger partial charge on any atom is -0.493 e. The fraction of sp³-hybridized carbons (Fsp3) is 0.533. The number of carbonyl (C=O) groups excluding carboxylic acids is 1. The second kappa shape index (κ2) is 9.29. The third-order valence-electron chi connectivity index (χ3n) is 3.70. The summed E-state index contributed by atoms with van der Waals surface area (Å²) >= 11 is 0. The highest BCUT2D eigenvalue weighted by atomic mass is 35.5. The number of rotatable bonds is 6. The Kier molecular flexibility index (Phi) is 7.73. The number of benzene rings is 1. The van der Waals surface area contributed by atoms with Crippen molar-refractivity contribution in [3.05, 3.63) is 27.8 Å². The SMILES string of the molecule is CCOc1cc([N+](=O)[O-])c(C(=O)NC2CCNCC2)cc1OC.Cl. The van der Waals surface area contributed by atoms with Gasteiger partial charge in [0.15, 0.2) is 11.5 Å². The van der Waals surface area contributed by atoms with Gasteiger partial charge in [-0.05, 0) is 32.9 Å². The van der Waals surface area contributed by atoms with Crippen LogP contribution in [0.4, 0.5) is 5.69 Å². The van der Waals surface area contributed by atoms with Crippen molar-refractivity contribution in [1.82, 2.24) is 10.6 Å². The van der Waals surface area contributed by atoms with Gasteiger partial charge in [-0.2, -0.15) is 0 Å². The lowest BCUT2D eigenvalue weighted by molar-refractivity contribution is -0.385. The molecule has 24 heavy (non-hydrogen) atoms. The van der Waals surface area contributed by atoms with Gasteiger partial charge in [0.25, 0.3) is 11.6 Å². The number of nitrogens with one attached hydrogen (secondary N) is 2. The quantitative estimate of drug-likeness (QED) is 0.594. The van der Waals surface area contributed by atoms with Gasteiger partial charge in [-0.3, -0.25) is 14.9 Å². The Morgan fingerprint density at radius 3 is 2.58 bits per heavy atom. The van der Waals surface area contributed by atoms with Crippen LogP contribution in [-0.2, 0) is 0 Å². The van der Waals surface area contributed by atoms with E-state index in [0.29, 0.717) is 12.4 Å². The van der Waals surface area contributed by atoms with Crippen molar-refractivity contribution in [3.63, 3.8) is 0 Å². The fourth-order valence-corrected chi connectivity index (χ4v) is 2.54. The first-order valence-corrected chi connectivity index (χ1v) is 7.57. The topological polar surface area (TPSA) is 103 Å². The van der Waals surface area contributed by atoms with Gasteiger partial charge in [0.2, 0.25) is 0 Å². The van der Waals surface area contributed by atoms with Gasteiger partial charge in [0, 0.05) is 12.1 Å². The molecule has 9 heteroatoms. The summed E-state index contributed by atoms with van der Waals surface area (Å²) in [6.45, 7) is 3.75. The highest BCUT2D eigenvalue weighted by Gasteiger charge is 2.26. The summed E-state index contributed by atoms with van der Waals surface area (Å²) in [6.07, 6.45) is 1.60. The van der Waals surface area contributed by atoms with E-state index in [1.807, 2.05) is 0 Å². The number of halogens is 1. The van der Waals surface area contributed by atoms with Gasteiger partial charge in [-0.25, -0.2) is 0 Å². The first-order chi connectivity index (χ1) is 11.1. The van der Waals surface area contributed by atoms with Gasteiger partial charge in [-0.1, -0.05) is 0 Å². The first-order valence-electron chi connectivity index (χ1n) is 7.57. The summed E-state index contributed by atoms with van der Waals surface area (Å²) in [7, 11) is 1.43. The Morgan fingerprint density at radius 2 is 2.04 bits per heavy atom. The number of piperidine rings is 1. The average Bonchev–Trinajstić information content (AvgIpc) is 2.55. The monoisotopic (exact) mass is 359 g/mol. The Labute approximate surface area is 146 Å². The number of methoxy groups -OCH3 is 1. The lowest BCUT2D eigenvalue weighted by atomic mass is 10.1. The molecule has 0 aromatic heterocycles. The van der Waals surface area contributed by atoms with Crippen LogP contribution in [0.5, 0.6) is 11.5 Å². The van der Waals surface area contributed by atoms with Crippen molar-refractivity contribution in [2.75, 3.05) is 26.8 Å². The van der Waals surface area contributed by atoms with Gasteiger partial charge in [0.05, 0.1) is 24.7 Å². The average molecular weight is 360 g/mol. The highest BCUT2D eigenvalue weighted by Crippen LogP contribution is 2.34. The van der Waals surface area contributed by atoms with Crippen LogP contribution in [0.1, 0.15) is 30.1 Å². The van der Waals surface area contributed by atoms with Crippen LogP contribution in [0.3, 0.4) is 0 Å². The molecule has 0 atom stereocenters. The van der Waals surface area contributed by atoms with E-state index in [2.05, 4.69) is 10.6 Å². The Bertz CT molecular complexity index is 591. The molecule has 1 saturated heterocycles. The van der Waals surface area contributed by atoms with E-state index in [9.17, 15) is 14.9 Å². The van der Waals surface area contributed by atoms with Crippen molar-refractivity contribution in [3.8, 4) is 11.5 Å². The van der Waals surface area contributed by atoms with Gasteiger partial charge < -0.3 is 20.1 Å². The summed E-state index contributed by atoms with van der Waals surface area (Å²) in [4.78, 5) is 23.2. The van der Waals surface area contributed by atoms with E-state index in [1.54, 1.807) is 6.92 Å².